The summed E-state index contributed by atoms with van der Waals surface area (Å²) < 4.78 is 56.0. The normalized spacial score (nSPS) is 30.0. The molecule has 2 aliphatic rings. The average molecular weight is 691 g/mol. The lowest BCUT2D eigenvalue weighted by Crippen LogP contribution is -2.66. The fourth-order valence-electron chi connectivity index (χ4n) is 4.74. The summed E-state index contributed by atoms with van der Waals surface area (Å²) in [5, 5.41) is 0. The van der Waals surface area contributed by atoms with Crippen LogP contribution in [0.2, 0.25) is 0 Å². The van der Waals surface area contributed by atoms with Gasteiger partial charge in [0, 0.05) is 48.5 Å². The summed E-state index contributed by atoms with van der Waals surface area (Å²) >= 11 is 1.02. The van der Waals surface area contributed by atoms with Crippen LogP contribution in [0.1, 0.15) is 48.5 Å². The first-order valence-electron chi connectivity index (χ1n) is 14.2. The van der Waals surface area contributed by atoms with Crippen molar-refractivity contribution < 1.29 is 80.9 Å². The SMILES string of the molecule is C#CCS[C@@H]1O[C@H](COC(C)=O)[C@@H](O[C@@H]2O[C@H](COC(C)=O)[C@H](OC(C)=O)[C@H](OC(C)=O)[C@H]2OC(C)=O)[C@H](OC(C)=O)[C@H]1OC(C)=O. The first-order chi connectivity index (χ1) is 22.0. The highest BCUT2D eigenvalue weighted by Crippen LogP contribution is 2.37. The molecule has 0 radical (unpaired) electrons. The molecule has 0 spiro atoms. The highest BCUT2D eigenvalue weighted by Gasteiger charge is 2.57. The molecule has 2 saturated heterocycles. The average Bonchev–Trinajstić information content (AvgIpc) is 2.94. The van der Waals surface area contributed by atoms with Crippen LogP contribution >= 0.6 is 11.8 Å². The summed E-state index contributed by atoms with van der Waals surface area (Å²) in [6.45, 7) is 6.53. The summed E-state index contributed by atoms with van der Waals surface area (Å²) in [4.78, 5) is 84.6. The summed E-state index contributed by atoms with van der Waals surface area (Å²) in [6.07, 6.45) is -8.05. The second kappa shape index (κ2) is 18.4. The monoisotopic (exact) mass is 690 g/mol. The van der Waals surface area contributed by atoms with E-state index < -0.39 is 116 Å². The lowest BCUT2D eigenvalue weighted by molar-refractivity contribution is -0.341. The van der Waals surface area contributed by atoms with Gasteiger partial charge in [-0.15, -0.1) is 18.2 Å². The van der Waals surface area contributed by atoms with Crippen molar-refractivity contribution in [1.82, 2.24) is 0 Å². The Balaban J connectivity index is 2.72. The minimum atomic E-state index is -1.75. The molecular formula is C29H38O17S. The van der Waals surface area contributed by atoms with Gasteiger partial charge in [0.2, 0.25) is 0 Å². The van der Waals surface area contributed by atoms with E-state index in [1.807, 2.05) is 0 Å². The van der Waals surface area contributed by atoms with Crippen LogP contribution in [0.3, 0.4) is 0 Å². The van der Waals surface area contributed by atoms with Crippen molar-refractivity contribution in [3.05, 3.63) is 0 Å². The number of carbonyl (C=O) groups is 7. The topological polar surface area (TPSA) is 212 Å². The molecule has 2 aliphatic heterocycles. The zero-order valence-electron chi connectivity index (χ0n) is 26.8. The van der Waals surface area contributed by atoms with Crippen molar-refractivity contribution in [3.63, 3.8) is 0 Å². The highest BCUT2D eigenvalue weighted by atomic mass is 32.2. The van der Waals surface area contributed by atoms with Crippen molar-refractivity contribution in [1.29, 1.82) is 0 Å². The van der Waals surface area contributed by atoms with Crippen LogP contribution in [0.5, 0.6) is 0 Å². The summed E-state index contributed by atoms with van der Waals surface area (Å²) in [5.41, 5.74) is -1.06. The Morgan fingerprint density at radius 1 is 0.553 bits per heavy atom. The minimum Gasteiger partial charge on any atom is -0.463 e. The molecule has 47 heavy (non-hydrogen) atoms. The number of terminal acetylenes is 1. The van der Waals surface area contributed by atoms with E-state index in [9.17, 15) is 33.6 Å². The second-order valence-electron chi connectivity index (χ2n) is 10.2. The summed E-state index contributed by atoms with van der Waals surface area (Å²) in [6, 6.07) is 0. The van der Waals surface area contributed by atoms with Crippen LogP contribution < -0.4 is 0 Å². The van der Waals surface area contributed by atoms with Gasteiger partial charge < -0.3 is 47.4 Å². The third kappa shape index (κ3) is 12.3. The number of ether oxygens (including phenoxy) is 10. The number of carbonyl (C=O) groups excluding carboxylic acids is 7. The fourth-order valence-corrected chi connectivity index (χ4v) is 5.62. The van der Waals surface area contributed by atoms with Crippen LogP contribution in [0.15, 0.2) is 0 Å². The van der Waals surface area contributed by atoms with Crippen LogP contribution in [0.25, 0.3) is 0 Å². The molecule has 0 bridgehead atoms. The van der Waals surface area contributed by atoms with Gasteiger partial charge in [-0.2, -0.15) is 0 Å². The van der Waals surface area contributed by atoms with Crippen molar-refractivity contribution in [2.45, 2.75) is 109 Å². The Labute approximate surface area is 274 Å². The molecule has 2 fully saturated rings. The van der Waals surface area contributed by atoms with Gasteiger partial charge in [-0.3, -0.25) is 33.6 Å². The molecule has 0 saturated carbocycles. The molecule has 0 N–H and O–H groups in total. The molecule has 0 aromatic carbocycles. The molecule has 0 aromatic heterocycles. The van der Waals surface area contributed by atoms with Gasteiger partial charge in [-0.05, 0) is 0 Å². The van der Waals surface area contributed by atoms with Crippen LogP contribution in [-0.2, 0) is 80.9 Å². The molecule has 10 atom stereocenters. The third-order valence-corrected chi connectivity index (χ3v) is 7.26. The van der Waals surface area contributed by atoms with Crippen molar-refractivity contribution in [2.75, 3.05) is 19.0 Å². The third-order valence-electron chi connectivity index (χ3n) is 6.22. The first kappa shape index (κ1) is 39.3. The lowest BCUT2D eigenvalue weighted by atomic mass is 9.96. The molecule has 17 nitrogen and oxygen atoms in total. The Hall–Kier alpha value is -3.92. The molecule has 262 valence electrons. The lowest BCUT2D eigenvalue weighted by Gasteiger charge is -2.48. The van der Waals surface area contributed by atoms with Gasteiger partial charge in [0.1, 0.15) is 37.0 Å². The van der Waals surface area contributed by atoms with E-state index in [-0.39, 0.29) is 5.75 Å². The van der Waals surface area contributed by atoms with Gasteiger partial charge in [0.05, 0.1) is 5.75 Å². The smallest absolute Gasteiger partial charge is 0.303 e. The number of rotatable bonds is 13. The molecular weight excluding hydrogens is 652 g/mol. The molecule has 0 aromatic rings. The number of esters is 7. The van der Waals surface area contributed by atoms with Gasteiger partial charge in [-0.1, -0.05) is 5.92 Å². The molecule has 0 amide bonds. The van der Waals surface area contributed by atoms with E-state index in [1.54, 1.807) is 0 Å². The highest BCUT2D eigenvalue weighted by molar-refractivity contribution is 8.00. The molecule has 2 rings (SSSR count). The Morgan fingerprint density at radius 3 is 1.40 bits per heavy atom. The largest absolute Gasteiger partial charge is 0.463 e. The van der Waals surface area contributed by atoms with Gasteiger partial charge in [0.25, 0.3) is 0 Å². The van der Waals surface area contributed by atoms with E-state index >= 15 is 0 Å². The Morgan fingerprint density at radius 2 is 0.957 bits per heavy atom. The maximum Gasteiger partial charge on any atom is 0.303 e. The molecule has 0 unspecified atom stereocenters. The molecule has 18 heteroatoms. The number of hydrogen-bond donors (Lipinski definition) is 0. The predicted octanol–water partition coefficient (Wildman–Crippen LogP) is -0.0275. The second-order valence-corrected chi connectivity index (χ2v) is 11.3. The van der Waals surface area contributed by atoms with E-state index in [4.69, 9.17) is 53.8 Å². The fraction of sp³-hybridized carbons (Fsp3) is 0.690. The Bertz CT molecular complexity index is 1210. The quantitative estimate of drug-likeness (QED) is 0.141. The van der Waals surface area contributed by atoms with Gasteiger partial charge >= 0.3 is 41.8 Å². The maximum atomic E-state index is 12.4. The first-order valence-corrected chi connectivity index (χ1v) is 15.2. The van der Waals surface area contributed by atoms with E-state index in [0.717, 1.165) is 60.2 Å². The zero-order chi connectivity index (χ0) is 35.4. The van der Waals surface area contributed by atoms with E-state index in [1.165, 1.54) is 0 Å². The van der Waals surface area contributed by atoms with Crippen LogP contribution in [0, 0.1) is 12.3 Å². The molecule has 0 aliphatic carbocycles. The zero-order valence-corrected chi connectivity index (χ0v) is 27.6. The number of thioether (sulfide) groups is 1. The molecule has 2 heterocycles. The number of hydrogen-bond acceptors (Lipinski definition) is 18. The van der Waals surface area contributed by atoms with Crippen molar-refractivity contribution in [3.8, 4) is 12.3 Å². The van der Waals surface area contributed by atoms with E-state index in [2.05, 4.69) is 5.92 Å². The van der Waals surface area contributed by atoms with Gasteiger partial charge in [-0.25, -0.2) is 0 Å². The summed E-state index contributed by atoms with van der Waals surface area (Å²) in [5.74, 6) is -3.22. The maximum absolute atomic E-state index is 12.4. The van der Waals surface area contributed by atoms with Crippen LogP contribution in [0.4, 0.5) is 0 Å². The van der Waals surface area contributed by atoms with Gasteiger partial charge in [0.15, 0.2) is 36.8 Å². The summed E-state index contributed by atoms with van der Waals surface area (Å²) in [7, 11) is 0. The van der Waals surface area contributed by atoms with E-state index in [0.29, 0.717) is 0 Å². The van der Waals surface area contributed by atoms with Crippen LogP contribution in [-0.4, -0.2) is 121 Å². The Kier molecular flexibility index (Phi) is 15.4. The minimum absolute atomic E-state index is 0.0702. The standard InChI is InChI=1S/C29H38O17S/c1-9-10-47-29-27(43-19(8)36)25(41-17(6)34)23(21(45-29)12-38-14(3)31)46-28-26(42-18(7)35)24(40-16(5)33)22(39-15(4)32)20(44-28)11-37-13(2)30/h1,20-29H,10-12H2,2-8H3/t20-,21-,22+,23-,24+,25+,26-,27-,28+,29+/m1/s1. The predicted molar refractivity (Wildman–Crippen MR) is 155 cm³/mol. The van der Waals surface area contributed by atoms with Crippen molar-refractivity contribution >= 4 is 53.5 Å². The van der Waals surface area contributed by atoms with Crippen molar-refractivity contribution in [2.24, 2.45) is 0 Å².